The van der Waals surface area contributed by atoms with Gasteiger partial charge in [0, 0.05) is 12.8 Å². The quantitative estimate of drug-likeness (QED) is 0.718. The van der Waals surface area contributed by atoms with Crippen molar-refractivity contribution in [1.29, 1.82) is 0 Å². The minimum atomic E-state index is 0.262. The molecular weight excluding hydrogens is 200 g/mol. The van der Waals surface area contributed by atoms with Crippen molar-refractivity contribution in [3.05, 3.63) is 35.4 Å². The van der Waals surface area contributed by atoms with E-state index >= 15 is 0 Å². The van der Waals surface area contributed by atoms with Gasteiger partial charge < -0.3 is 4.74 Å². The molecule has 3 rings (SSSR count). The molecule has 0 spiro atoms. The van der Waals surface area contributed by atoms with Crippen molar-refractivity contribution in [2.75, 3.05) is 6.61 Å². The molecule has 1 aliphatic carbocycles. The summed E-state index contributed by atoms with van der Waals surface area (Å²) in [5, 5.41) is 0. The number of rotatable bonds is 1. The van der Waals surface area contributed by atoms with E-state index < -0.39 is 0 Å². The van der Waals surface area contributed by atoms with Crippen LogP contribution in [-0.2, 0) is 11.2 Å². The third-order valence-corrected chi connectivity index (χ3v) is 3.26. The predicted molar refractivity (Wildman–Crippen MR) is 62.5 cm³/mol. The van der Waals surface area contributed by atoms with Gasteiger partial charge in [0.15, 0.2) is 5.78 Å². The Morgan fingerprint density at radius 3 is 2.94 bits per heavy atom. The fourth-order valence-electron chi connectivity index (χ4n) is 2.41. The highest BCUT2D eigenvalue weighted by molar-refractivity contribution is 5.98. The van der Waals surface area contributed by atoms with Gasteiger partial charge in [-0.15, -0.1) is 0 Å². The summed E-state index contributed by atoms with van der Waals surface area (Å²) < 4.78 is 5.48. The molecule has 0 aromatic heterocycles. The van der Waals surface area contributed by atoms with Crippen LogP contribution in [0.2, 0.25) is 0 Å². The molecule has 1 aliphatic heterocycles. The summed E-state index contributed by atoms with van der Waals surface area (Å²) in [5.41, 5.74) is 3.65. The van der Waals surface area contributed by atoms with E-state index in [1.54, 1.807) is 6.08 Å². The molecule has 2 nitrogen and oxygen atoms in total. The van der Waals surface area contributed by atoms with E-state index in [9.17, 15) is 4.79 Å². The lowest BCUT2D eigenvalue weighted by Gasteiger charge is -2.12. The van der Waals surface area contributed by atoms with E-state index in [1.165, 1.54) is 16.7 Å². The van der Waals surface area contributed by atoms with Crippen molar-refractivity contribution in [1.82, 2.24) is 0 Å². The summed E-state index contributed by atoms with van der Waals surface area (Å²) in [6, 6.07) is 6.26. The molecule has 0 fully saturated rings. The minimum absolute atomic E-state index is 0.262. The van der Waals surface area contributed by atoms with Gasteiger partial charge in [-0.05, 0) is 47.8 Å². The lowest BCUT2D eigenvalue weighted by molar-refractivity contribution is -0.114. The van der Waals surface area contributed by atoms with Gasteiger partial charge in [0.05, 0.1) is 6.61 Å². The zero-order valence-electron chi connectivity index (χ0n) is 9.16. The molecule has 82 valence electrons. The number of benzene rings is 1. The van der Waals surface area contributed by atoms with Gasteiger partial charge >= 0.3 is 0 Å². The van der Waals surface area contributed by atoms with E-state index in [0.29, 0.717) is 6.42 Å². The number of ketones is 1. The van der Waals surface area contributed by atoms with Gasteiger partial charge in [-0.2, -0.15) is 0 Å². The normalized spacial score (nSPS) is 19.0. The average molecular weight is 214 g/mol. The summed E-state index contributed by atoms with van der Waals surface area (Å²) in [7, 11) is 0. The standard InChI is InChI=1S/C14H14O2/c15-13-3-1-2-10(9-13)11-4-5-14-12(8-11)6-7-16-14/h4-5,8-9H,1-3,6-7H2. The molecule has 2 aliphatic rings. The van der Waals surface area contributed by atoms with Crippen LogP contribution in [0.3, 0.4) is 0 Å². The number of carbonyl (C=O) groups excluding carboxylic acids is 1. The highest BCUT2D eigenvalue weighted by Crippen LogP contribution is 2.31. The summed E-state index contributed by atoms with van der Waals surface area (Å²) >= 11 is 0. The zero-order valence-corrected chi connectivity index (χ0v) is 9.16. The van der Waals surface area contributed by atoms with E-state index in [1.807, 2.05) is 6.07 Å². The van der Waals surface area contributed by atoms with E-state index in [2.05, 4.69) is 12.1 Å². The van der Waals surface area contributed by atoms with Crippen LogP contribution in [0.15, 0.2) is 24.3 Å². The maximum absolute atomic E-state index is 11.4. The van der Waals surface area contributed by atoms with Crippen molar-refractivity contribution in [2.24, 2.45) is 0 Å². The van der Waals surface area contributed by atoms with Gasteiger partial charge in [0.1, 0.15) is 5.75 Å². The molecule has 1 heterocycles. The molecule has 2 heteroatoms. The topological polar surface area (TPSA) is 26.3 Å². The lowest BCUT2D eigenvalue weighted by atomic mass is 9.92. The Hall–Kier alpha value is -1.57. The smallest absolute Gasteiger partial charge is 0.155 e. The molecule has 0 N–H and O–H groups in total. The highest BCUT2D eigenvalue weighted by atomic mass is 16.5. The number of fused-ring (bicyclic) bond motifs is 1. The first kappa shape index (κ1) is 9.64. The van der Waals surface area contributed by atoms with E-state index in [0.717, 1.165) is 31.6 Å². The summed E-state index contributed by atoms with van der Waals surface area (Å²) in [5.74, 6) is 1.27. The van der Waals surface area contributed by atoms with Crippen LogP contribution in [0, 0.1) is 0 Å². The first-order chi connectivity index (χ1) is 7.83. The Morgan fingerprint density at radius 1 is 1.12 bits per heavy atom. The largest absolute Gasteiger partial charge is 0.493 e. The molecule has 1 aromatic carbocycles. The first-order valence-corrected chi connectivity index (χ1v) is 5.82. The van der Waals surface area contributed by atoms with Crippen LogP contribution in [0.5, 0.6) is 5.75 Å². The Labute approximate surface area is 94.9 Å². The molecule has 0 bridgehead atoms. The van der Waals surface area contributed by atoms with Crippen LogP contribution >= 0.6 is 0 Å². The van der Waals surface area contributed by atoms with Gasteiger partial charge in [-0.25, -0.2) is 0 Å². The summed E-state index contributed by atoms with van der Waals surface area (Å²) in [4.78, 5) is 11.4. The van der Waals surface area contributed by atoms with Crippen molar-refractivity contribution in [2.45, 2.75) is 25.7 Å². The van der Waals surface area contributed by atoms with Crippen molar-refractivity contribution >= 4 is 11.4 Å². The lowest BCUT2D eigenvalue weighted by Crippen LogP contribution is -2.02. The Balaban J connectivity index is 1.98. The predicted octanol–water partition coefficient (Wildman–Crippen LogP) is 2.76. The second-order valence-corrected chi connectivity index (χ2v) is 4.41. The van der Waals surface area contributed by atoms with Gasteiger partial charge in [0.2, 0.25) is 0 Å². The fraction of sp³-hybridized carbons (Fsp3) is 0.357. The van der Waals surface area contributed by atoms with Gasteiger partial charge in [0.25, 0.3) is 0 Å². The molecule has 0 saturated carbocycles. The number of hydrogen-bond acceptors (Lipinski definition) is 2. The van der Waals surface area contributed by atoms with Gasteiger partial charge in [-0.1, -0.05) is 6.07 Å². The molecule has 0 saturated heterocycles. The fourth-order valence-corrected chi connectivity index (χ4v) is 2.41. The molecule has 16 heavy (non-hydrogen) atoms. The first-order valence-electron chi connectivity index (χ1n) is 5.82. The monoisotopic (exact) mass is 214 g/mol. The number of carbonyl (C=O) groups is 1. The second kappa shape index (κ2) is 3.78. The maximum atomic E-state index is 11.4. The van der Waals surface area contributed by atoms with Gasteiger partial charge in [-0.3, -0.25) is 4.79 Å². The summed E-state index contributed by atoms with van der Waals surface area (Å²) in [6.07, 6.45) is 5.51. The molecule has 0 amide bonds. The van der Waals surface area contributed by atoms with Crippen LogP contribution in [0.1, 0.15) is 30.4 Å². The SMILES string of the molecule is O=C1C=C(c2ccc3c(c2)CCO3)CCC1. The van der Waals surface area contributed by atoms with Crippen LogP contribution in [0.4, 0.5) is 0 Å². The van der Waals surface area contributed by atoms with Crippen LogP contribution < -0.4 is 4.74 Å². The number of hydrogen-bond donors (Lipinski definition) is 0. The Kier molecular flexibility index (Phi) is 2.28. The Morgan fingerprint density at radius 2 is 2.06 bits per heavy atom. The van der Waals surface area contributed by atoms with E-state index in [4.69, 9.17) is 4.74 Å². The van der Waals surface area contributed by atoms with Crippen molar-refractivity contribution < 1.29 is 9.53 Å². The van der Waals surface area contributed by atoms with Crippen LogP contribution in [0.25, 0.3) is 5.57 Å². The third-order valence-electron chi connectivity index (χ3n) is 3.26. The molecular formula is C14H14O2. The number of ether oxygens (including phenoxy) is 1. The van der Waals surface area contributed by atoms with E-state index in [-0.39, 0.29) is 5.78 Å². The van der Waals surface area contributed by atoms with Crippen LogP contribution in [-0.4, -0.2) is 12.4 Å². The number of allylic oxidation sites excluding steroid dienone is 2. The average Bonchev–Trinajstić information content (AvgIpc) is 2.75. The van der Waals surface area contributed by atoms with Crippen molar-refractivity contribution in [3.8, 4) is 5.75 Å². The summed E-state index contributed by atoms with van der Waals surface area (Å²) in [6.45, 7) is 0.788. The Bertz CT molecular complexity index is 472. The van der Waals surface area contributed by atoms with Crippen molar-refractivity contribution in [3.63, 3.8) is 0 Å². The molecule has 1 aromatic rings. The third kappa shape index (κ3) is 1.64. The zero-order chi connectivity index (χ0) is 11.0. The highest BCUT2D eigenvalue weighted by Gasteiger charge is 2.16. The molecule has 0 atom stereocenters. The maximum Gasteiger partial charge on any atom is 0.155 e. The molecule has 0 radical (unpaired) electrons. The second-order valence-electron chi connectivity index (χ2n) is 4.41. The minimum Gasteiger partial charge on any atom is -0.493 e. The molecule has 0 unspecified atom stereocenters.